The summed E-state index contributed by atoms with van der Waals surface area (Å²) in [6.45, 7) is 0. The maximum atomic E-state index is 6.03. The molecule has 1 N–H and O–H groups in total. The predicted octanol–water partition coefficient (Wildman–Crippen LogP) is 3.46. The largest absolute Gasteiger partial charge is 0.373 e. The van der Waals surface area contributed by atoms with Crippen molar-refractivity contribution in [2.75, 3.05) is 12.4 Å². The monoisotopic (exact) mass is 265 g/mol. The lowest BCUT2D eigenvalue weighted by atomic mass is 10.3. The Kier molecular flexibility index (Phi) is 4.23. The van der Waals surface area contributed by atoms with Gasteiger partial charge in [-0.25, -0.2) is 9.97 Å². The van der Waals surface area contributed by atoms with Crippen molar-refractivity contribution in [2.45, 2.75) is 10.8 Å². The minimum atomic E-state index is 0.692. The molecule has 0 spiro atoms. The van der Waals surface area contributed by atoms with Crippen LogP contribution in [0.3, 0.4) is 0 Å². The first kappa shape index (κ1) is 12.2. The normalized spacial score (nSPS) is 10.2. The van der Waals surface area contributed by atoms with Gasteiger partial charge in [0.25, 0.3) is 0 Å². The first-order valence-corrected chi connectivity index (χ1v) is 6.52. The number of nitrogens with zero attached hydrogens (tertiary/aromatic N) is 2. The van der Waals surface area contributed by atoms with Crippen LogP contribution < -0.4 is 5.32 Å². The zero-order valence-corrected chi connectivity index (χ0v) is 10.9. The molecule has 3 nitrogen and oxygen atoms in total. The van der Waals surface area contributed by atoms with Gasteiger partial charge >= 0.3 is 0 Å². The molecule has 0 aliphatic rings. The van der Waals surface area contributed by atoms with Gasteiger partial charge in [0, 0.05) is 25.2 Å². The summed E-state index contributed by atoms with van der Waals surface area (Å²) in [5, 5.41) is 4.53. The fourth-order valence-corrected chi connectivity index (χ4v) is 2.39. The lowest BCUT2D eigenvalue weighted by molar-refractivity contribution is 1.13. The van der Waals surface area contributed by atoms with Crippen molar-refractivity contribution in [3.05, 3.63) is 47.2 Å². The van der Waals surface area contributed by atoms with E-state index in [0.717, 1.165) is 22.2 Å². The van der Waals surface area contributed by atoms with Crippen LogP contribution in [0.25, 0.3) is 0 Å². The molecular formula is C12H12ClN3S. The Bertz CT molecular complexity index is 487. The van der Waals surface area contributed by atoms with Gasteiger partial charge in [-0.15, -0.1) is 11.8 Å². The molecule has 0 atom stereocenters. The zero-order chi connectivity index (χ0) is 12.1. The fraction of sp³-hybridized carbons (Fsp3) is 0.167. The second-order valence-electron chi connectivity index (χ2n) is 3.38. The first-order valence-electron chi connectivity index (χ1n) is 5.15. The van der Waals surface area contributed by atoms with E-state index in [1.54, 1.807) is 18.0 Å². The number of rotatable bonds is 4. The van der Waals surface area contributed by atoms with E-state index in [2.05, 4.69) is 15.3 Å². The Morgan fingerprint density at radius 1 is 1.29 bits per heavy atom. The van der Waals surface area contributed by atoms with Crippen molar-refractivity contribution in [1.29, 1.82) is 0 Å². The van der Waals surface area contributed by atoms with Crippen molar-refractivity contribution in [3.63, 3.8) is 0 Å². The number of pyridine rings is 2. The van der Waals surface area contributed by atoms with E-state index >= 15 is 0 Å². The van der Waals surface area contributed by atoms with Gasteiger partial charge in [-0.2, -0.15) is 0 Å². The van der Waals surface area contributed by atoms with E-state index in [9.17, 15) is 0 Å². The van der Waals surface area contributed by atoms with Crippen LogP contribution in [0, 0.1) is 0 Å². The molecule has 2 heterocycles. The van der Waals surface area contributed by atoms with Crippen LogP contribution in [0.2, 0.25) is 5.02 Å². The lowest BCUT2D eigenvalue weighted by Crippen LogP contribution is -1.92. The molecule has 0 aromatic carbocycles. The molecule has 0 unspecified atom stereocenters. The third-order valence-electron chi connectivity index (χ3n) is 2.18. The summed E-state index contributed by atoms with van der Waals surface area (Å²) in [5.74, 6) is 1.68. The molecule has 2 rings (SSSR count). The van der Waals surface area contributed by atoms with E-state index in [1.165, 1.54) is 0 Å². The first-order chi connectivity index (χ1) is 8.29. The summed E-state index contributed by atoms with van der Waals surface area (Å²) in [6.07, 6.45) is 3.60. The number of nitrogens with one attached hydrogen (secondary N) is 1. The minimum Gasteiger partial charge on any atom is -0.373 e. The minimum absolute atomic E-state index is 0.692. The van der Waals surface area contributed by atoms with Crippen molar-refractivity contribution in [2.24, 2.45) is 0 Å². The van der Waals surface area contributed by atoms with E-state index in [4.69, 9.17) is 11.6 Å². The maximum absolute atomic E-state index is 6.03. The molecule has 2 aromatic rings. The van der Waals surface area contributed by atoms with E-state index < -0.39 is 0 Å². The smallest absolute Gasteiger partial charge is 0.125 e. The van der Waals surface area contributed by atoms with Gasteiger partial charge in [-0.05, 0) is 23.8 Å². The van der Waals surface area contributed by atoms with Crippen LogP contribution >= 0.6 is 23.4 Å². The average molecular weight is 266 g/mol. The second kappa shape index (κ2) is 5.89. The molecule has 17 heavy (non-hydrogen) atoms. The summed E-state index contributed by atoms with van der Waals surface area (Å²) in [4.78, 5) is 8.48. The van der Waals surface area contributed by atoms with E-state index in [-0.39, 0.29) is 0 Å². The summed E-state index contributed by atoms with van der Waals surface area (Å²) in [6, 6.07) is 7.67. The van der Waals surface area contributed by atoms with Gasteiger partial charge < -0.3 is 5.32 Å². The van der Waals surface area contributed by atoms with Crippen LogP contribution in [-0.2, 0) is 5.75 Å². The molecule has 0 saturated heterocycles. The Balaban J connectivity index is 2.00. The van der Waals surface area contributed by atoms with Crippen LogP contribution in [0.4, 0.5) is 5.82 Å². The summed E-state index contributed by atoms with van der Waals surface area (Å²) in [5.41, 5.74) is 1.15. The van der Waals surface area contributed by atoms with Gasteiger partial charge in [-0.1, -0.05) is 17.7 Å². The third kappa shape index (κ3) is 3.35. The van der Waals surface area contributed by atoms with Crippen molar-refractivity contribution < 1.29 is 0 Å². The number of thioether (sulfide) groups is 1. The summed E-state index contributed by atoms with van der Waals surface area (Å²) in [7, 11) is 1.85. The molecular weight excluding hydrogens is 254 g/mol. The Hall–Kier alpha value is -1.26. The van der Waals surface area contributed by atoms with Gasteiger partial charge in [0.05, 0.1) is 5.02 Å². The Morgan fingerprint density at radius 2 is 2.18 bits per heavy atom. The van der Waals surface area contributed by atoms with Crippen LogP contribution in [0.15, 0.2) is 41.7 Å². The molecule has 0 saturated carbocycles. The number of halogens is 1. The zero-order valence-electron chi connectivity index (χ0n) is 9.35. The Morgan fingerprint density at radius 3 is 2.82 bits per heavy atom. The number of hydrogen-bond donors (Lipinski definition) is 1. The van der Waals surface area contributed by atoms with Crippen molar-refractivity contribution in [3.8, 4) is 0 Å². The lowest BCUT2D eigenvalue weighted by Gasteiger charge is -2.04. The van der Waals surface area contributed by atoms with Crippen LogP contribution in [0.1, 0.15) is 5.56 Å². The highest BCUT2D eigenvalue weighted by atomic mass is 35.5. The maximum Gasteiger partial charge on any atom is 0.125 e. The van der Waals surface area contributed by atoms with Gasteiger partial charge in [0.15, 0.2) is 0 Å². The van der Waals surface area contributed by atoms with Crippen molar-refractivity contribution >= 4 is 29.2 Å². The van der Waals surface area contributed by atoms with Crippen LogP contribution in [-0.4, -0.2) is 17.0 Å². The highest BCUT2D eigenvalue weighted by Crippen LogP contribution is 2.27. The molecule has 5 heteroatoms. The van der Waals surface area contributed by atoms with E-state index in [1.807, 2.05) is 37.5 Å². The Labute approximate surface area is 110 Å². The van der Waals surface area contributed by atoms with Gasteiger partial charge in [-0.3, -0.25) is 0 Å². The van der Waals surface area contributed by atoms with E-state index in [0.29, 0.717) is 5.02 Å². The van der Waals surface area contributed by atoms with Crippen LogP contribution in [0.5, 0.6) is 0 Å². The summed E-state index contributed by atoms with van der Waals surface area (Å²) >= 11 is 7.64. The average Bonchev–Trinajstić information content (AvgIpc) is 2.38. The molecule has 2 aromatic heterocycles. The molecule has 0 bridgehead atoms. The molecule has 88 valence electrons. The number of hydrogen-bond acceptors (Lipinski definition) is 4. The SMILES string of the molecule is CNc1ccc(CSc2ncccc2Cl)cn1. The molecule has 0 fully saturated rings. The second-order valence-corrected chi connectivity index (χ2v) is 4.75. The molecule has 0 radical (unpaired) electrons. The van der Waals surface area contributed by atoms with Crippen molar-refractivity contribution in [1.82, 2.24) is 9.97 Å². The number of anilines is 1. The summed E-state index contributed by atoms with van der Waals surface area (Å²) < 4.78 is 0. The molecule has 0 aliphatic carbocycles. The highest BCUT2D eigenvalue weighted by molar-refractivity contribution is 7.98. The van der Waals surface area contributed by atoms with Gasteiger partial charge in [0.1, 0.15) is 10.8 Å². The van der Waals surface area contributed by atoms with Gasteiger partial charge in [0.2, 0.25) is 0 Å². The molecule has 0 amide bonds. The topological polar surface area (TPSA) is 37.8 Å². The fourth-order valence-electron chi connectivity index (χ4n) is 1.29. The number of aromatic nitrogens is 2. The third-order valence-corrected chi connectivity index (χ3v) is 3.67. The highest BCUT2D eigenvalue weighted by Gasteiger charge is 2.02. The predicted molar refractivity (Wildman–Crippen MR) is 72.6 cm³/mol. The standard InChI is InChI=1S/C12H12ClN3S/c1-14-11-5-4-9(7-16-11)8-17-12-10(13)3-2-6-15-12/h2-7H,8H2,1H3,(H,14,16). The molecule has 0 aliphatic heterocycles. The quantitative estimate of drug-likeness (QED) is 0.859.